The third-order valence-electron chi connectivity index (χ3n) is 7.84. The van der Waals surface area contributed by atoms with Gasteiger partial charge >= 0.3 is 0 Å². The van der Waals surface area contributed by atoms with Gasteiger partial charge in [-0.15, -0.1) is 0 Å². The minimum atomic E-state index is -0.879. The molecule has 0 N–H and O–H groups in total. The van der Waals surface area contributed by atoms with E-state index < -0.39 is 194 Å². The van der Waals surface area contributed by atoms with Crippen molar-refractivity contribution in [2.24, 2.45) is 0 Å². The highest BCUT2D eigenvalue weighted by molar-refractivity contribution is 6.25. The van der Waals surface area contributed by atoms with Crippen molar-refractivity contribution in [3.63, 3.8) is 0 Å². The lowest BCUT2D eigenvalue weighted by molar-refractivity contribution is 0.633. The summed E-state index contributed by atoms with van der Waals surface area (Å²) in [5.41, 5.74) is -2.75. The second-order valence-electron chi connectivity index (χ2n) is 10.4. The molecule has 220 valence electrons. The molecule has 0 atom stereocenters. The highest BCUT2D eigenvalue weighted by atomic mass is 16.3. The molecule has 0 aliphatic carbocycles. The highest BCUT2D eigenvalue weighted by Gasteiger charge is 2.25. The summed E-state index contributed by atoms with van der Waals surface area (Å²) in [6.07, 6.45) is 0. The zero-order valence-corrected chi connectivity index (χ0v) is 24.0. The summed E-state index contributed by atoms with van der Waals surface area (Å²) in [6, 6.07) is -5.39. The van der Waals surface area contributed by atoms with Crippen LogP contribution < -0.4 is 0 Å². The van der Waals surface area contributed by atoms with Crippen molar-refractivity contribution < 1.29 is 34.6 Å². The topological polar surface area (TPSA) is 13.1 Å². The molecule has 0 spiro atoms. The monoisotopic (exact) mass is 620 g/mol. The van der Waals surface area contributed by atoms with Gasteiger partial charge in [0.2, 0.25) is 0 Å². The Bertz CT molecular complexity index is 3670. The van der Waals surface area contributed by atoms with Crippen LogP contribution in [0, 0.1) is 0 Å². The van der Waals surface area contributed by atoms with Crippen LogP contribution in [0.2, 0.25) is 0 Å². The summed E-state index contributed by atoms with van der Waals surface area (Å²) in [5.74, 6) is -0.554. The van der Waals surface area contributed by atoms with Crippen LogP contribution in [0.15, 0.2) is 186 Å². The Hall–Kier alpha value is -6.18. The van der Waals surface area contributed by atoms with Crippen LogP contribution in [0.5, 0.6) is 0 Å². The van der Waals surface area contributed by atoms with E-state index in [1.54, 1.807) is 42.5 Å². The van der Waals surface area contributed by atoms with E-state index in [2.05, 4.69) is 0 Å². The van der Waals surface area contributed by atoms with Crippen LogP contribution in [0.1, 0.15) is 30.2 Å². The lowest BCUT2D eigenvalue weighted by atomic mass is 9.84. The third kappa shape index (κ3) is 4.56. The van der Waals surface area contributed by atoms with Gasteiger partial charge in [0, 0.05) is 22.1 Å². The van der Waals surface area contributed by atoms with Crippen molar-refractivity contribution in [3.05, 3.63) is 181 Å². The van der Waals surface area contributed by atoms with E-state index in [-0.39, 0.29) is 16.5 Å². The average molecular weight is 621 g/mol. The minimum absolute atomic E-state index is 0.0297. The van der Waals surface area contributed by atoms with E-state index in [0.29, 0.717) is 11.1 Å². The fraction of sp³-hybridized carbons (Fsp3) is 0. The van der Waals surface area contributed by atoms with Crippen molar-refractivity contribution in [3.8, 4) is 55.8 Å². The van der Waals surface area contributed by atoms with Gasteiger partial charge in [-0.1, -0.05) is 169 Å². The number of hydrogen-bond acceptors (Lipinski definition) is 1. The van der Waals surface area contributed by atoms with Crippen molar-refractivity contribution in [2.45, 2.75) is 0 Å². The van der Waals surface area contributed by atoms with Crippen molar-refractivity contribution >= 4 is 32.5 Å². The SMILES string of the molecule is [2H]c1c([2H])c([2H])c(-c2c([2H])c([2H])c([2H])c([2H])c2-c2oc3cc(-c4ccccc4)ccc3c2-c2c3c([2H])c([2H])c([2H])c([2H])c3c(-c3c([2H])c([2H])c([2H])c([2H])c3[2H])c3c([2H])c([2H])c([2H])c([2H])c23)c([2H])c1[2H]. The number of rotatable bonds is 5. The predicted molar refractivity (Wildman–Crippen MR) is 198 cm³/mol. The van der Waals surface area contributed by atoms with Gasteiger partial charge in [-0.3, -0.25) is 0 Å². The van der Waals surface area contributed by atoms with Crippen molar-refractivity contribution in [1.29, 1.82) is 0 Å². The zero-order valence-electron chi connectivity index (χ0n) is 46.0. The molecule has 0 saturated heterocycles. The Morgan fingerprint density at radius 2 is 0.894 bits per heavy atom. The average Bonchev–Trinajstić information content (AvgIpc) is 3.72. The standard InChI is InChI=1S/C46H30O/c1-4-16-31(17-5-1)34-28-29-41-42(30-34)47-46(40-27-15-10-22-35(40)32-18-6-2-7-19-32)45(41)44-38-25-13-11-23-36(38)43(33-20-8-3-9-21-33)37-24-12-14-26-39(37)44/h1-30H/i2D,3D,6D,7D,8D,9D,10D,11D,12D,13D,14D,15D,18D,19D,20D,21D,22D,23D,24D,25D,26D,27D. The Morgan fingerprint density at radius 1 is 0.362 bits per heavy atom. The molecule has 47 heavy (non-hydrogen) atoms. The van der Waals surface area contributed by atoms with Gasteiger partial charge in [0.15, 0.2) is 0 Å². The van der Waals surface area contributed by atoms with E-state index in [4.69, 9.17) is 26.3 Å². The molecule has 9 aromatic rings. The third-order valence-corrected chi connectivity index (χ3v) is 7.84. The first kappa shape index (κ1) is 12.9. The number of benzene rings is 8. The van der Waals surface area contributed by atoms with Crippen LogP contribution in [-0.2, 0) is 0 Å². The molecule has 0 aliphatic heterocycles. The first-order valence-electron chi connectivity index (χ1n) is 25.3. The molecule has 1 heteroatoms. The molecular weight excluding hydrogens is 569 g/mol. The summed E-state index contributed by atoms with van der Waals surface area (Å²) >= 11 is 0. The number of furan rings is 1. The lowest BCUT2D eigenvalue weighted by Crippen LogP contribution is -1.92. The van der Waals surface area contributed by atoms with Crippen LogP contribution in [-0.4, -0.2) is 0 Å². The molecule has 1 heterocycles. The van der Waals surface area contributed by atoms with E-state index in [0.717, 1.165) is 0 Å². The molecular formula is C46H30O. The maximum Gasteiger partial charge on any atom is 0.143 e. The summed E-state index contributed by atoms with van der Waals surface area (Å²) in [4.78, 5) is 0. The van der Waals surface area contributed by atoms with E-state index in [1.807, 2.05) is 0 Å². The van der Waals surface area contributed by atoms with Gasteiger partial charge in [0.25, 0.3) is 0 Å². The van der Waals surface area contributed by atoms with Gasteiger partial charge in [-0.05, 0) is 67.1 Å². The maximum absolute atomic E-state index is 9.58. The zero-order chi connectivity index (χ0) is 50.3. The summed E-state index contributed by atoms with van der Waals surface area (Å²) in [6.45, 7) is 0. The van der Waals surface area contributed by atoms with Gasteiger partial charge in [0.05, 0.1) is 30.2 Å². The summed E-state index contributed by atoms with van der Waals surface area (Å²) < 4.78 is 204. The normalized spacial score (nSPS) is 18.0. The quantitative estimate of drug-likeness (QED) is 0.174. The molecule has 0 radical (unpaired) electrons. The van der Waals surface area contributed by atoms with Gasteiger partial charge < -0.3 is 4.42 Å². The molecule has 9 rings (SSSR count). The Labute approximate surface area is 304 Å². The second-order valence-corrected chi connectivity index (χ2v) is 10.4. The number of hydrogen-bond donors (Lipinski definition) is 0. The molecule has 0 saturated carbocycles. The Morgan fingerprint density at radius 3 is 1.53 bits per heavy atom. The van der Waals surface area contributed by atoms with E-state index in [9.17, 15) is 8.22 Å². The minimum Gasteiger partial charge on any atom is -0.455 e. The van der Waals surface area contributed by atoms with Crippen LogP contribution in [0.25, 0.3) is 88.3 Å². The molecule has 1 aromatic heterocycles. The molecule has 0 amide bonds. The molecule has 0 unspecified atom stereocenters. The van der Waals surface area contributed by atoms with Gasteiger partial charge in [-0.2, -0.15) is 0 Å². The summed E-state index contributed by atoms with van der Waals surface area (Å²) in [7, 11) is 0. The second kappa shape index (κ2) is 11.3. The van der Waals surface area contributed by atoms with Crippen LogP contribution in [0.3, 0.4) is 0 Å². The molecule has 0 fully saturated rings. The largest absolute Gasteiger partial charge is 0.455 e. The summed E-state index contributed by atoms with van der Waals surface area (Å²) in [5, 5.41) is -2.14. The first-order chi connectivity index (χ1) is 32.5. The smallest absolute Gasteiger partial charge is 0.143 e. The lowest BCUT2D eigenvalue weighted by Gasteiger charge is -2.18. The molecule has 8 aromatic carbocycles. The van der Waals surface area contributed by atoms with Crippen molar-refractivity contribution in [1.82, 2.24) is 0 Å². The van der Waals surface area contributed by atoms with E-state index in [1.165, 1.54) is 6.07 Å². The van der Waals surface area contributed by atoms with Gasteiger partial charge in [0.1, 0.15) is 11.3 Å². The Balaban J connectivity index is 1.65. The fourth-order valence-electron chi connectivity index (χ4n) is 5.88. The van der Waals surface area contributed by atoms with Crippen LogP contribution in [0.4, 0.5) is 0 Å². The highest BCUT2D eigenvalue weighted by Crippen LogP contribution is 2.51. The number of fused-ring (bicyclic) bond motifs is 3. The first-order valence-corrected chi connectivity index (χ1v) is 14.3. The van der Waals surface area contributed by atoms with Gasteiger partial charge in [-0.25, -0.2) is 0 Å². The molecule has 0 aliphatic rings. The van der Waals surface area contributed by atoms with Crippen molar-refractivity contribution in [2.75, 3.05) is 0 Å². The van der Waals surface area contributed by atoms with Crippen LogP contribution >= 0.6 is 0 Å². The molecule has 1 nitrogen and oxygen atoms in total. The Kier molecular flexibility index (Phi) is 3.11. The molecule has 0 bridgehead atoms. The van der Waals surface area contributed by atoms with E-state index >= 15 is 0 Å². The maximum atomic E-state index is 9.58. The predicted octanol–water partition coefficient (Wildman–Crippen LogP) is 13.1. The fourth-order valence-corrected chi connectivity index (χ4v) is 5.88.